The van der Waals surface area contributed by atoms with E-state index in [0.29, 0.717) is 23.8 Å². The van der Waals surface area contributed by atoms with Crippen LogP contribution in [0.25, 0.3) is 11.1 Å². The van der Waals surface area contributed by atoms with Crippen molar-refractivity contribution in [2.45, 2.75) is 13.5 Å². The van der Waals surface area contributed by atoms with E-state index < -0.39 is 0 Å². The van der Waals surface area contributed by atoms with Gasteiger partial charge in [0.05, 0.1) is 6.61 Å². The second-order valence-corrected chi connectivity index (χ2v) is 4.53. The number of benzene rings is 2. The van der Waals surface area contributed by atoms with Crippen LogP contribution in [0, 0.1) is 0 Å². The Hall–Kier alpha value is -2.69. The van der Waals surface area contributed by atoms with E-state index in [1.54, 1.807) is 18.2 Å². The van der Waals surface area contributed by atoms with Crippen LogP contribution in [0.5, 0.6) is 11.5 Å². The molecule has 21 heavy (non-hydrogen) atoms. The van der Waals surface area contributed by atoms with E-state index in [1.165, 1.54) is 0 Å². The maximum absolute atomic E-state index is 5.71. The van der Waals surface area contributed by atoms with Crippen LogP contribution in [0.4, 0.5) is 5.69 Å². The van der Waals surface area contributed by atoms with E-state index in [-0.39, 0.29) is 6.61 Å². The predicted octanol–water partition coefficient (Wildman–Crippen LogP) is 3.39. The van der Waals surface area contributed by atoms with Gasteiger partial charge in [-0.25, -0.2) is 4.98 Å². The second kappa shape index (κ2) is 5.75. The molecule has 1 aromatic heterocycles. The highest BCUT2D eigenvalue weighted by atomic mass is 16.5. The summed E-state index contributed by atoms with van der Waals surface area (Å²) in [5, 5.41) is 0. The molecule has 0 aliphatic rings. The molecule has 0 unspecified atom stereocenters. The van der Waals surface area contributed by atoms with E-state index in [0.717, 1.165) is 17.0 Å². The van der Waals surface area contributed by atoms with E-state index in [9.17, 15) is 0 Å². The van der Waals surface area contributed by atoms with Crippen molar-refractivity contribution in [1.29, 1.82) is 0 Å². The van der Waals surface area contributed by atoms with Crippen LogP contribution < -0.4 is 15.2 Å². The first-order valence-electron chi connectivity index (χ1n) is 6.75. The molecule has 0 aliphatic heterocycles. The summed E-state index contributed by atoms with van der Waals surface area (Å²) in [4.78, 5) is 4.34. The molecule has 108 valence electrons. The molecule has 3 aromatic rings. The van der Waals surface area contributed by atoms with Crippen LogP contribution in [0.1, 0.15) is 12.8 Å². The molecule has 0 spiro atoms. The molecule has 0 saturated heterocycles. The topological polar surface area (TPSA) is 70.5 Å². The number of fused-ring (bicyclic) bond motifs is 1. The zero-order chi connectivity index (χ0) is 14.7. The van der Waals surface area contributed by atoms with Gasteiger partial charge in [-0.15, -0.1) is 0 Å². The largest absolute Gasteiger partial charge is 0.494 e. The predicted molar refractivity (Wildman–Crippen MR) is 80.4 cm³/mol. The molecule has 1 heterocycles. The lowest BCUT2D eigenvalue weighted by molar-refractivity contribution is 0.266. The lowest BCUT2D eigenvalue weighted by Crippen LogP contribution is -1.96. The van der Waals surface area contributed by atoms with Crippen molar-refractivity contribution < 1.29 is 13.9 Å². The lowest BCUT2D eigenvalue weighted by Gasteiger charge is -2.05. The van der Waals surface area contributed by atoms with Gasteiger partial charge in [-0.2, -0.15) is 0 Å². The van der Waals surface area contributed by atoms with E-state index in [1.807, 2.05) is 31.2 Å². The summed E-state index contributed by atoms with van der Waals surface area (Å²) in [6.45, 7) is 2.86. The van der Waals surface area contributed by atoms with Crippen LogP contribution in [0.2, 0.25) is 0 Å². The van der Waals surface area contributed by atoms with Crippen molar-refractivity contribution in [2.24, 2.45) is 0 Å². The first-order valence-corrected chi connectivity index (χ1v) is 6.75. The van der Waals surface area contributed by atoms with Gasteiger partial charge >= 0.3 is 0 Å². The molecule has 0 atom stereocenters. The van der Waals surface area contributed by atoms with Gasteiger partial charge in [0.15, 0.2) is 12.2 Å². The maximum Gasteiger partial charge on any atom is 0.233 e. The number of hydrogen-bond acceptors (Lipinski definition) is 5. The third-order valence-electron chi connectivity index (χ3n) is 2.95. The first kappa shape index (κ1) is 13.3. The fourth-order valence-electron chi connectivity index (χ4n) is 2.00. The monoisotopic (exact) mass is 284 g/mol. The molecule has 2 aromatic carbocycles. The number of rotatable bonds is 5. The van der Waals surface area contributed by atoms with Crippen molar-refractivity contribution in [3.05, 3.63) is 48.4 Å². The van der Waals surface area contributed by atoms with Gasteiger partial charge in [0.2, 0.25) is 5.89 Å². The molecule has 0 saturated carbocycles. The SMILES string of the molecule is CCOc1ccc(OCc2nc3cc(N)ccc3o2)cc1. The van der Waals surface area contributed by atoms with Gasteiger partial charge in [0.25, 0.3) is 0 Å². The Kier molecular flexibility index (Phi) is 3.64. The summed E-state index contributed by atoms with van der Waals surface area (Å²) in [6.07, 6.45) is 0. The summed E-state index contributed by atoms with van der Waals surface area (Å²) in [6, 6.07) is 12.8. The zero-order valence-electron chi connectivity index (χ0n) is 11.7. The average Bonchev–Trinajstić information content (AvgIpc) is 2.89. The van der Waals surface area contributed by atoms with Crippen LogP contribution >= 0.6 is 0 Å². The second-order valence-electron chi connectivity index (χ2n) is 4.53. The Morgan fingerprint density at radius 2 is 1.76 bits per heavy atom. The van der Waals surface area contributed by atoms with Gasteiger partial charge in [-0.05, 0) is 49.4 Å². The summed E-state index contributed by atoms with van der Waals surface area (Å²) >= 11 is 0. The molecule has 5 nitrogen and oxygen atoms in total. The number of ether oxygens (including phenoxy) is 2. The quantitative estimate of drug-likeness (QED) is 0.727. The molecular weight excluding hydrogens is 268 g/mol. The molecule has 0 radical (unpaired) electrons. The van der Waals surface area contributed by atoms with Gasteiger partial charge in [-0.3, -0.25) is 0 Å². The molecule has 2 N–H and O–H groups in total. The van der Waals surface area contributed by atoms with Crippen LogP contribution in [0.15, 0.2) is 46.9 Å². The normalized spacial score (nSPS) is 10.7. The highest BCUT2D eigenvalue weighted by Gasteiger charge is 2.06. The van der Waals surface area contributed by atoms with E-state index in [2.05, 4.69) is 4.98 Å². The smallest absolute Gasteiger partial charge is 0.233 e. The van der Waals surface area contributed by atoms with Crippen molar-refractivity contribution in [1.82, 2.24) is 4.98 Å². The Morgan fingerprint density at radius 1 is 1.05 bits per heavy atom. The highest BCUT2D eigenvalue weighted by Crippen LogP contribution is 2.21. The minimum absolute atomic E-state index is 0.266. The maximum atomic E-state index is 5.71. The number of nitrogens with two attached hydrogens (primary N) is 1. The number of anilines is 1. The summed E-state index contributed by atoms with van der Waals surface area (Å²) in [5.74, 6) is 2.08. The first-order chi connectivity index (χ1) is 10.2. The molecule has 3 rings (SSSR count). The van der Waals surface area contributed by atoms with Crippen LogP contribution in [-0.4, -0.2) is 11.6 Å². The van der Waals surface area contributed by atoms with Crippen molar-refractivity contribution in [3.8, 4) is 11.5 Å². The van der Waals surface area contributed by atoms with Gasteiger partial charge in [-0.1, -0.05) is 0 Å². The van der Waals surface area contributed by atoms with Crippen molar-refractivity contribution in [2.75, 3.05) is 12.3 Å². The van der Waals surface area contributed by atoms with Gasteiger partial charge in [0.1, 0.15) is 17.0 Å². The number of hydrogen-bond donors (Lipinski definition) is 1. The van der Waals surface area contributed by atoms with Crippen molar-refractivity contribution >= 4 is 16.8 Å². The van der Waals surface area contributed by atoms with Crippen LogP contribution in [-0.2, 0) is 6.61 Å². The lowest BCUT2D eigenvalue weighted by atomic mass is 10.3. The Labute approximate surface area is 122 Å². The summed E-state index contributed by atoms with van der Waals surface area (Å²) < 4.78 is 16.6. The van der Waals surface area contributed by atoms with Gasteiger partial charge < -0.3 is 19.6 Å². The summed E-state index contributed by atoms with van der Waals surface area (Å²) in [5.41, 5.74) is 7.81. The molecule has 0 aliphatic carbocycles. The Bertz CT molecular complexity index is 735. The molecular formula is C16H16N2O3. The Morgan fingerprint density at radius 3 is 2.48 bits per heavy atom. The number of oxazole rings is 1. The molecule has 0 bridgehead atoms. The fraction of sp³-hybridized carbons (Fsp3) is 0.188. The van der Waals surface area contributed by atoms with E-state index >= 15 is 0 Å². The number of aromatic nitrogens is 1. The molecule has 0 amide bonds. The zero-order valence-corrected chi connectivity index (χ0v) is 11.7. The highest BCUT2D eigenvalue weighted by molar-refractivity contribution is 5.76. The third-order valence-corrected chi connectivity index (χ3v) is 2.95. The number of nitrogen functional groups attached to an aromatic ring is 1. The fourth-order valence-corrected chi connectivity index (χ4v) is 2.00. The van der Waals surface area contributed by atoms with Gasteiger partial charge in [0, 0.05) is 5.69 Å². The number of nitrogens with zero attached hydrogens (tertiary/aromatic N) is 1. The summed E-state index contributed by atoms with van der Waals surface area (Å²) in [7, 11) is 0. The molecule has 5 heteroatoms. The standard InChI is InChI=1S/C16H16N2O3/c1-2-19-12-4-6-13(7-5-12)20-10-16-18-14-9-11(17)3-8-15(14)21-16/h3-9H,2,10,17H2,1H3. The van der Waals surface area contributed by atoms with Crippen molar-refractivity contribution in [3.63, 3.8) is 0 Å². The minimum atomic E-state index is 0.266. The minimum Gasteiger partial charge on any atom is -0.494 e. The van der Waals surface area contributed by atoms with Crippen LogP contribution in [0.3, 0.4) is 0 Å². The third kappa shape index (κ3) is 3.08. The Balaban J connectivity index is 1.68. The average molecular weight is 284 g/mol. The van der Waals surface area contributed by atoms with E-state index in [4.69, 9.17) is 19.6 Å². The molecule has 0 fully saturated rings.